The molecule has 0 bridgehead atoms. The summed E-state index contributed by atoms with van der Waals surface area (Å²) in [5.74, 6) is 0. The zero-order valence-electron chi connectivity index (χ0n) is 12.3. The van der Waals surface area contributed by atoms with Gasteiger partial charge >= 0.3 is 12.2 Å². The Morgan fingerprint density at radius 2 is 1.27 bits per heavy atom. The molecule has 0 aromatic heterocycles. The highest BCUT2D eigenvalue weighted by Gasteiger charge is 2.36. The Kier molecular flexibility index (Phi) is 3.92. The van der Waals surface area contributed by atoms with Gasteiger partial charge in [0.15, 0.2) is 0 Å². The van der Waals surface area contributed by atoms with Crippen molar-refractivity contribution in [1.29, 1.82) is 0 Å². The number of benzene rings is 1. The summed E-state index contributed by atoms with van der Waals surface area (Å²) in [7, 11) is 0. The van der Waals surface area contributed by atoms with Crippen molar-refractivity contribution in [2.24, 2.45) is 0 Å². The van der Waals surface area contributed by atoms with Gasteiger partial charge in [-0.05, 0) is 36.8 Å². The van der Waals surface area contributed by atoms with Gasteiger partial charge in [0, 0.05) is 13.1 Å². The summed E-state index contributed by atoms with van der Waals surface area (Å²) in [6.07, 6.45) is 1.47. The number of carboxylic acid groups (broad SMARTS) is 2. The first-order chi connectivity index (χ1) is 10.6. The van der Waals surface area contributed by atoms with E-state index in [2.05, 4.69) is 0 Å². The third kappa shape index (κ3) is 2.49. The normalized spacial score (nSPS) is 24.7. The van der Waals surface area contributed by atoms with Crippen LogP contribution in [0, 0.1) is 0 Å². The lowest BCUT2D eigenvalue weighted by atomic mass is 9.92. The summed E-state index contributed by atoms with van der Waals surface area (Å²) in [6.45, 7) is 1.09. The third-order valence-corrected chi connectivity index (χ3v) is 4.71. The monoisotopic (exact) mass is 304 g/mol. The molecule has 2 N–H and O–H groups in total. The Morgan fingerprint density at radius 1 is 0.864 bits per heavy atom. The standard InChI is InChI=1S/C16H20N2O4/c19-15(20)17-9-3-7-13(17)11-5-1-2-6-12(11)14-8-4-10-18(14)16(21)22/h1-2,5-6,13-14H,3-4,7-10H2,(H,19,20)(H,21,22). The van der Waals surface area contributed by atoms with Crippen LogP contribution in [0.15, 0.2) is 24.3 Å². The fourth-order valence-electron chi connectivity index (χ4n) is 3.76. The first kappa shape index (κ1) is 14.7. The number of carbonyl (C=O) groups is 2. The number of hydrogen-bond acceptors (Lipinski definition) is 2. The molecule has 0 radical (unpaired) electrons. The van der Waals surface area contributed by atoms with E-state index in [4.69, 9.17) is 0 Å². The molecule has 22 heavy (non-hydrogen) atoms. The van der Waals surface area contributed by atoms with Crippen molar-refractivity contribution >= 4 is 12.2 Å². The van der Waals surface area contributed by atoms with Crippen molar-refractivity contribution in [2.75, 3.05) is 13.1 Å². The van der Waals surface area contributed by atoms with Crippen LogP contribution in [0.2, 0.25) is 0 Å². The molecule has 2 atom stereocenters. The Labute approximate surface area is 129 Å². The van der Waals surface area contributed by atoms with Gasteiger partial charge in [0.1, 0.15) is 0 Å². The molecule has 1 aromatic rings. The molecule has 2 amide bonds. The quantitative estimate of drug-likeness (QED) is 0.878. The van der Waals surface area contributed by atoms with Gasteiger partial charge in [0.25, 0.3) is 0 Å². The lowest BCUT2D eigenvalue weighted by Gasteiger charge is -2.29. The Morgan fingerprint density at radius 3 is 1.64 bits per heavy atom. The van der Waals surface area contributed by atoms with Crippen molar-refractivity contribution in [1.82, 2.24) is 9.80 Å². The maximum Gasteiger partial charge on any atom is 0.407 e. The molecule has 0 saturated carbocycles. The van der Waals surface area contributed by atoms with Gasteiger partial charge in [-0.1, -0.05) is 24.3 Å². The third-order valence-electron chi connectivity index (χ3n) is 4.71. The van der Waals surface area contributed by atoms with E-state index in [9.17, 15) is 19.8 Å². The number of nitrogens with zero attached hydrogens (tertiary/aromatic N) is 2. The van der Waals surface area contributed by atoms with Crippen LogP contribution in [0.3, 0.4) is 0 Å². The van der Waals surface area contributed by atoms with Crippen LogP contribution < -0.4 is 0 Å². The number of hydrogen-bond donors (Lipinski definition) is 2. The largest absolute Gasteiger partial charge is 0.465 e. The number of rotatable bonds is 2. The molecule has 2 aliphatic heterocycles. The van der Waals surface area contributed by atoms with Crippen molar-refractivity contribution in [3.63, 3.8) is 0 Å². The van der Waals surface area contributed by atoms with E-state index in [0.717, 1.165) is 36.8 Å². The predicted molar refractivity (Wildman–Crippen MR) is 79.9 cm³/mol. The lowest BCUT2D eigenvalue weighted by molar-refractivity contribution is 0.135. The van der Waals surface area contributed by atoms with Gasteiger partial charge in [-0.2, -0.15) is 0 Å². The Bertz CT molecular complexity index is 538. The first-order valence-electron chi connectivity index (χ1n) is 7.67. The van der Waals surface area contributed by atoms with E-state index in [1.165, 1.54) is 9.80 Å². The van der Waals surface area contributed by atoms with E-state index >= 15 is 0 Å². The van der Waals surface area contributed by atoms with Gasteiger partial charge < -0.3 is 20.0 Å². The van der Waals surface area contributed by atoms with Gasteiger partial charge in [-0.3, -0.25) is 0 Å². The molecule has 6 heteroatoms. The molecule has 0 aliphatic carbocycles. The number of likely N-dealkylation sites (tertiary alicyclic amines) is 2. The van der Waals surface area contributed by atoms with Crippen molar-refractivity contribution in [3.05, 3.63) is 35.4 Å². The van der Waals surface area contributed by atoms with E-state index < -0.39 is 12.2 Å². The van der Waals surface area contributed by atoms with Crippen LogP contribution in [-0.4, -0.2) is 45.3 Å². The molecule has 2 heterocycles. The van der Waals surface area contributed by atoms with Crippen LogP contribution in [0.4, 0.5) is 9.59 Å². The summed E-state index contributed by atoms with van der Waals surface area (Å²) < 4.78 is 0. The fourth-order valence-corrected chi connectivity index (χ4v) is 3.76. The summed E-state index contributed by atoms with van der Waals surface area (Å²) in [5, 5.41) is 18.7. The van der Waals surface area contributed by atoms with Crippen LogP contribution in [0.5, 0.6) is 0 Å². The second-order valence-corrected chi connectivity index (χ2v) is 5.90. The van der Waals surface area contributed by atoms with Crippen molar-refractivity contribution in [3.8, 4) is 0 Å². The fraction of sp³-hybridized carbons (Fsp3) is 0.500. The zero-order valence-corrected chi connectivity index (χ0v) is 12.3. The predicted octanol–water partition coefficient (Wildman–Crippen LogP) is 3.32. The van der Waals surface area contributed by atoms with E-state index in [-0.39, 0.29) is 12.1 Å². The molecule has 2 saturated heterocycles. The lowest BCUT2D eigenvalue weighted by Crippen LogP contribution is -2.32. The average molecular weight is 304 g/mol. The van der Waals surface area contributed by atoms with Crippen LogP contribution in [0.1, 0.15) is 48.9 Å². The van der Waals surface area contributed by atoms with Gasteiger partial charge in [-0.25, -0.2) is 9.59 Å². The zero-order chi connectivity index (χ0) is 15.7. The number of amides is 2. The topological polar surface area (TPSA) is 81.1 Å². The molecule has 1 aromatic carbocycles. The van der Waals surface area contributed by atoms with Crippen molar-refractivity contribution in [2.45, 2.75) is 37.8 Å². The molecular weight excluding hydrogens is 284 g/mol. The molecular formula is C16H20N2O4. The molecule has 2 fully saturated rings. The van der Waals surface area contributed by atoms with Crippen LogP contribution in [-0.2, 0) is 0 Å². The average Bonchev–Trinajstić information content (AvgIpc) is 3.16. The smallest absolute Gasteiger partial charge is 0.407 e. The minimum Gasteiger partial charge on any atom is -0.465 e. The summed E-state index contributed by atoms with van der Waals surface area (Å²) in [4.78, 5) is 25.8. The minimum atomic E-state index is -0.904. The van der Waals surface area contributed by atoms with E-state index in [1.54, 1.807) is 0 Å². The molecule has 0 spiro atoms. The van der Waals surface area contributed by atoms with Gasteiger partial charge in [0.2, 0.25) is 0 Å². The molecule has 118 valence electrons. The Hall–Kier alpha value is -2.24. The molecule has 2 aliphatic rings. The highest BCUT2D eigenvalue weighted by Crippen LogP contribution is 2.40. The Balaban J connectivity index is 1.96. The van der Waals surface area contributed by atoms with Crippen molar-refractivity contribution < 1.29 is 19.8 Å². The maximum atomic E-state index is 11.4. The second kappa shape index (κ2) is 5.87. The summed E-state index contributed by atoms with van der Waals surface area (Å²) >= 11 is 0. The van der Waals surface area contributed by atoms with E-state index in [0.29, 0.717) is 13.1 Å². The van der Waals surface area contributed by atoms with Crippen LogP contribution in [0.25, 0.3) is 0 Å². The minimum absolute atomic E-state index is 0.162. The first-order valence-corrected chi connectivity index (χ1v) is 7.67. The van der Waals surface area contributed by atoms with E-state index in [1.807, 2.05) is 24.3 Å². The highest BCUT2D eigenvalue weighted by molar-refractivity contribution is 5.67. The highest BCUT2D eigenvalue weighted by atomic mass is 16.4. The van der Waals surface area contributed by atoms with Gasteiger partial charge in [-0.15, -0.1) is 0 Å². The van der Waals surface area contributed by atoms with Crippen LogP contribution >= 0.6 is 0 Å². The van der Waals surface area contributed by atoms with Gasteiger partial charge in [0.05, 0.1) is 12.1 Å². The maximum absolute atomic E-state index is 11.4. The summed E-state index contributed by atoms with van der Waals surface area (Å²) in [5.41, 5.74) is 1.92. The molecule has 6 nitrogen and oxygen atoms in total. The molecule has 3 rings (SSSR count). The molecule has 2 unspecified atom stereocenters. The SMILES string of the molecule is O=C(O)N1CCCC1c1ccccc1C1CCCN1C(=O)O. The summed E-state index contributed by atoms with van der Waals surface area (Å²) in [6, 6.07) is 7.36. The second-order valence-electron chi connectivity index (χ2n) is 5.90.